The first kappa shape index (κ1) is 27.0. The van der Waals surface area contributed by atoms with E-state index >= 15 is 0 Å². The average Bonchev–Trinajstić information content (AvgIpc) is 3.72. The van der Waals surface area contributed by atoms with Gasteiger partial charge in [-0.3, -0.25) is 0 Å². The van der Waals surface area contributed by atoms with Gasteiger partial charge in [-0.25, -0.2) is 19.2 Å². The fraction of sp³-hybridized carbons (Fsp3) is 0.296. The smallest absolute Gasteiger partial charge is 0.351 e. The fourth-order valence-electron chi connectivity index (χ4n) is 4.50. The SMILES string of the molecule is COCCOc1ccc(-c2nc(Nc3ncc(-c4cccs4)cc3C(=O)OI)sc2C2CCCC2)cc1F. The summed E-state index contributed by atoms with van der Waals surface area (Å²) in [6, 6.07) is 10.6. The monoisotopic (exact) mass is 665 g/mol. The lowest BCUT2D eigenvalue weighted by Crippen LogP contribution is -2.06. The highest BCUT2D eigenvalue weighted by molar-refractivity contribution is 14.1. The number of carbonyl (C=O) groups is 1. The molecule has 0 unspecified atom stereocenters. The zero-order valence-electron chi connectivity index (χ0n) is 20.5. The van der Waals surface area contributed by atoms with Crippen LogP contribution in [-0.4, -0.2) is 36.3 Å². The third kappa shape index (κ3) is 6.00. The van der Waals surface area contributed by atoms with Crippen LogP contribution in [0.15, 0.2) is 48.0 Å². The highest BCUT2D eigenvalue weighted by atomic mass is 127. The van der Waals surface area contributed by atoms with Gasteiger partial charge >= 0.3 is 5.97 Å². The maximum atomic E-state index is 14.9. The minimum Gasteiger partial charge on any atom is -0.488 e. The van der Waals surface area contributed by atoms with Crippen molar-refractivity contribution < 1.29 is 21.7 Å². The number of thiophene rings is 1. The van der Waals surface area contributed by atoms with Crippen LogP contribution >= 0.6 is 45.7 Å². The Hall–Kier alpha value is -2.61. The summed E-state index contributed by atoms with van der Waals surface area (Å²) in [6.07, 6.45) is 6.17. The van der Waals surface area contributed by atoms with Crippen LogP contribution in [0.3, 0.4) is 0 Å². The Morgan fingerprint density at radius 3 is 2.74 bits per heavy atom. The van der Waals surface area contributed by atoms with E-state index in [2.05, 4.69) is 10.3 Å². The van der Waals surface area contributed by atoms with Gasteiger partial charge < -0.3 is 17.9 Å². The lowest BCUT2D eigenvalue weighted by Gasteiger charge is -2.11. The zero-order valence-corrected chi connectivity index (χ0v) is 24.3. The zero-order chi connectivity index (χ0) is 26.5. The highest BCUT2D eigenvalue weighted by Gasteiger charge is 2.26. The second kappa shape index (κ2) is 12.5. The van der Waals surface area contributed by atoms with E-state index in [0.29, 0.717) is 34.6 Å². The summed E-state index contributed by atoms with van der Waals surface area (Å²) >= 11 is 4.67. The van der Waals surface area contributed by atoms with Gasteiger partial charge in [-0.15, -0.1) is 22.7 Å². The van der Waals surface area contributed by atoms with E-state index in [9.17, 15) is 9.18 Å². The topological polar surface area (TPSA) is 82.6 Å². The van der Waals surface area contributed by atoms with Gasteiger partial charge in [-0.2, -0.15) is 0 Å². The number of nitrogens with zero attached hydrogens (tertiary/aromatic N) is 2. The molecule has 5 rings (SSSR count). The molecular weight excluding hydrogens is 640 g/mol. The Balaban J connectivity index is 1.48. The third-order valence-electron chi connectivity index (χ3n) is 6.34. The molecule has 198 valence electrons. The van der Waals surface area contributed by atoms with Crippen molar-refractivity contribution in [1.82, 2.24) is 9.97 Å². The number of carbonyl (C=O) groups excluding carboxylic acids is 1. The van der Waals surface area contributed by atoms with Crippen molar-refractivity contribution in [2.24, 2.45) is 0 Å². The van der Waals surface area contributed by atoms with E-state index < -0.39 is 11.8 Å². The molecule has 0 bridgehead atoms. The molecule has 1 saturated carbocycles. The standard InChI is InChI=1S/C27H25FIN3O4S2/c1-34-10-11-35-21-9-8-17(14-20(21)28)23-24(16-5-2-3-6-16)38-27(31-23)32-25-19(26(33)36-29)13-18(15-30-25)22-7-4-12-37-22/h4,7-9,12-16H,2-3,5-6,10-11H2,1H3,(H,30,31,32). The summed E-state index contributed by atoms with van der Waals surface area (Å²) in [4.78, 5) is 24.1. The van der Waals surface area contributed by atoms with Gasteiger partial charge in [0.1, 0.15) is 18.0 Å². The first-order valence-electron chi connectivity index (χ1n) is 12.1. The van der Waals surface area contributed by atoms with Gasteiger partial charge in [0.2, 0.25) is 0 Å². The van der Waals surface area contributed by atoms with Crippen LogP contribution in [0.5, 0.6) is 5.75 Å². The molecule has 38 heavy (non-hydrogen) atoms. The molecule has 7 nitrogen and oxygen atoms in total. The number of aromatic nitrogens is 2. The average molecular weight is 666 g/mol. The number of pyridine rings is 1. The van der Waals surface area contributed by atoms with Crippen LogP contribution in [0.1, 0.15) is 46.8 Å². The molecule has 1 N–H and O–H groups in total. The summed E-state index contributed by atoms with van der Waals surface area (Å²) < 4.78 is 30.4. The second-order valence-corrected chi connectivity index (χ2v) is 11.2. The molecule has 11 heteroatoms. The maximum absolute atomic E-state index is 14.9. The van der Waals surface area contributed by atoms with E-state index in [-0.39, 0.29) is 12.4 Å². The second-order valence-electron chi connectivity index (χ2n) is 8.79. The molecule has 0 aliphatic heterocycles. The van der Waals surface area contributed by atoms with Gasteiger partial charge in [-0.05, 0) is 54.5 Å². The summed E-state index contributed by atoms with van der Waals surface area (Å²) in [5.41, 5.74) is 2.56. The van der Waals surface area contributed by atoms with Gasteiger partial charge in [0, 0.05) is 34.2 Å². The Morgan fingerprint density at radius 1 is 1.18 bits per heavy atom. The summed E-state index contributed by atoms with van der Waals surface area (Å²) in [5.74, 6) is -0.0573. The lowest BCUT2D eigenvalue weighted by molar-refractivity contribution is 0.0801. The number of ether oxygens (including phenoxy) is 2. The van der Waals surface area contributed by atoms with Gasteiger partial charge in [0.05, 0.1) is 12.3 Å². The number of hydrogen-bond acceptors (Lipinski definition) is 9. The Labute approximate surface area is 242 Å². The number of anilines is 2. The van der Waals surface area contributed by atoms with Crippen molar-refractivity contribution in [1.29, 1.82) is 0 Å². The number of nitrogens with one attached hydrogen (secondary N) is 1. The van der Waals surface area contributed by atoms with E-state index in [1.165, 1.54) is 17.4 Å². The summed E-state index contributed by atoms with van der Waals surface area (Å²) in [5, 5.41) is 5.80. The van der Waals surface area contributed by atoms with Crippen LogP contribution in [0.25, 0.3) is 21.7 Å². The molecule has 3 heterocycles. The first-order chi connectivity index (χ1) is 18.6. The molecule has 0 radical (unpaired) electrons. The Bertz CT molecular complexity index is 1410. The minimum absolute atomic E-state index is 0.179. The molecule has 0 amide bonds. The molecule has 1 fully saturated rings. The number of thiazole rings is 1. The quantitative estimate of drug-likeness (QED) is 0.136. The summed E-state index contributed by atoms with van der Waals surface area (Å²) in [6.45, 7) is 0.648. The van der Waals surface area contributed by atoms with Crippen molar-refractivity contribution in [2.45, 2.75) is 31.6 Å². The Kier molecular flexibility index (Phi) is 8.87. The van der Waals surface area contributed by atoms with Gasteiger partial charge in [-0.1, -0.05) is 18.9 Å². The Morgan fingerprint density at radius 2 is 2.03 bits per heavy atom. The minimum atomic E-state index is -0.502. The van der Waals surface area contributed by atoms with Crippen LogP contribution in [0, 0.1) is 5.82 Å². The van der Waals surface area contributed by atoms with E-state index in [1.807, 2.05) is 23.6 Å². The van der Waals surface area contributed by atoms with E-state index in [0.717, 1.165) is 46.7 Å². The predicted octanol–water partition coefficient (Wildman–Crippen LogP) is 8.01. The summed E-state index contributed by atoms with van der Waals surface area (Å²) in [7, 11) is 1.57. The van der Waals surface area contributed by atoms with Crippen LogP contribution in [0.2, 0.25) is 0 Å². The number of halogens is 2. The van der Waals surface area contributed by atoms with Crippen molar-refractivity contribution in [3.05, 3.63) is 64.2 Å². The van der Waals surface area contributed by atoms with Gasteiger partial charge in [0.15, 0.2) is 39.7 Å². The van der Waals surface area contributed by atoms with Gasteiger partial charge in [0.25, 0.3) is 0 Å². The van der Waals surface area contributed by atoms with Crippen LogP contribution in [-0.2, 0) is 7.80 Å². The number of hydrogen-bond donors (Lipinski definition) is 1. The largest absolute Gasteiger partial charge is 0.488 e. The lowest BCUT2D eigenvalue weighted by atomic mass is 10.0. The molecule has 0 atom stereocenters. The fourth-order valence-corrected chi connectivity index (χ4v) is 6.60. The van der Waals surface area contributed by atoms with Crippen molar-refractivity contribution >= 4 is 62.6 Å². The molecular formula is C27H25FIN3O4S2. The highest BCUT2D eigenvalue weighted by Crippen LogP contribution is 2.45. The molecule has 0 saturated heterocycles. The number of rotatable bonds is 10. The number of benzene rings is 1. The molecule has 1 aliphatic carbocycles. The van der Waals surface area contributed by atoms with Crippen molar-refractivity contribution in [3.8, 4) is 27.4 Å². The third-order valence-corrected chi connectivity index (χ3v) is 8.79. The molecule has 3 aromatic heterocycles. The normalized spacial score (nSPS) is 13.6. The predicted molar refractivity (Wildman–Crippen MR) is 156 cm³/mol. The van der Waals surface area contributed by atoms with Crippen molar-refractivity contribution in [2.75, 3.05) is 25.6 Å². The van der Waals surface area contributed by atoms with E-state index in [1.54, 1.807) is 59.8 Å². The molecule has 4 aromatic rings. The van der Waals surface area contributed by atoms with Crippen molar-refractivity contribution in [3.63, 3.8) is 0 Å². The first-order valence-corrected chi connectivity index (χ1v) is 14.7. The van der Waals surface area contributed by atoms with Crippen LogP contribution < -0.4 is 10.1 Å². The van der Waals surface area contributed by atoms with E-state index in [4.69, 9.17) is 17.5 Å². The molecule has 1 aliphatic rings. The number of methoxy groups -OCH3 is 1. The molecule has 1 aromatic carbocycles. The maximum Gasteiger partial charge on any atom is 0.351 e. The van der Waals surface area contributed by atoms with Crippen LogP contribution in [0.4, 0.5) is 15.3 Å². The molecule has 0 spiro atoms.